The zero-order valence-electron chi connectivity index (χ0n) is 9.97. The van der Waals surface area contributed by atoms with Crippen molar-refractivity contribution in [3.8, 4) is 0 Å². The number of para-hydroxylation sites is 1. The van der Waals surface area contributed by atoms with Gasteiger partial charge in [-0.1, -0.05) is 37.5 Å². The van der Waals surface area contributed by atoms with Crippen LogP contribution < -0.4 is 4.90 Å². The molecule has 2 nitrogen and oxygen atoms in total. The van der Waals surface area contributed by atoms with Crippen LogP contribution in [0.5, 0.6) is 0 Å². The van der Waals surface area contributed by atoms with Gasteiger partial charge in [-0.3, -0.25) is 0 Å². The smallest absolute Gasteiger partial charge is 0.0743 e. The summed E-state index contributed by atoms with van der Waals surface area (Å²) in [6.45, 7) is 0. The molecule has 1 aliphatic carbocycles. The maximum Gasteiger partial charge on any atom is 0.0743 e. The van der Waals surface area contributed by atoms with Crippen molar-refractivity contribution in [2.75, 3.05) is 11.9 Å². The minimum absolute atomic E-state index is 0.173. The molecule has 2 heteroatoms. The van der Waals surface area contributed by atoms with Gasteiger partial charge in [0.1, 0.15) is 0 Å². The lowest BCUT2D eigenvalue weighted by molar-refractivity contribution is 0.135. The molecule has 1 saturated carbocycles. The number of rotatable bonds is 2. The Morgan fingerprint density at radius 2 is 1.75 bits per heavy atom. The summed E-state index contributed by atoms with van der Waals surface area (Å²) < 4.78 is 0. The van der Waals surface area contributed by atoms with E-state index in [1.54, 1.807) is 0 Å². The van der Waals surface area contributed by atoms with E-state index in [1.165, 1.54) is 24.9 Å². The molecule has 0 unspecified atom stereocenters. The topological polar surface area (TPSA) is 23.5 Å². The molecule has 0 heterocycles. The molecule has 1 aromatic carbocycles. The molecule has 0 aromatic heterocycles. The summed E-state index contributed by atoms with van der Waals surface area (Å²) in [6.07, 6.45) is 5.54. The predicted octanol–water partition coefficient (Wildman–Crippen LogP) is 2.82. The molecule has 0 amide bonds. The van der Waals surface area contributed by atoms with Crippen molar-refractivity contribution >= 4 is 5.69 Å². The largest absolute Gasteiger partial charge is 0.391 e. The molecule has 0 aliphatic heterocycles. The number of aliphatic hydroxyl groups is 1. The highest BCUT2D eigenvalue weighted by atomic mass is 16.3. The molecule has 0 radical (unpaired) electrons. The monoisotopic (exact) mass is 219 g/mol. The second kappa shape index (κ2) is 5.35. The lowest BCUT2D eigenvalue weighted by Crippen LogP contribution is -2.40. The van der Waals surface area contributed by atoms with Crippen molar-refractivity contribution in [1.82, 2.24) is 0 Å². The Hall–Kier alpha value is -1.02. The average molecular weight is 219 g/mol. The van der Waals surface area contributed by atoms with E-state index < -0.39 is 0 Å². The third-order valence-corrected chi connectivity index (χ3v) is 3.60. The Bertz CT molecular complexity index is 312. The van der Waals surface area contributed by atoms with E-state index in [4.69, 9.17) is 0 Å². The predicted molar refractivity (Wildman–Crippen MR) is 67.7 cm³/mol. The van der Waals surface area contributed by atoms with E-state index in [2.05, 4.69) is 36.2 Å². The Labute approximate surface area is 97.9 Å². The summed E-state index contributed by atoms with van der Waals surface area (Å²) in [7, 11) is 2.09. The molecule has 0 saturated heterocycles. The summed E-state index contributed by atoms with van der Waals surface area (Å²) >= 11 is 0. The normalized spacial score (nSPS) is 26.1. The third-order valence-electron chi connectivity index (χ3n) is 3.60. The van der Waals surface area contributed by atoms with Crippen LogP contribution >= 0.6 is 0 Å². The molecule has 16 heavy (non-hydrogen) atoms. The molecule has 1 aromatic rings. The minimum atomic E-state index is -0.173. The van der Waals surface area contributed by atoms with Crippen molar-refractivity contribution in [2.24, 2.45) is 0 Å². The van der Waals surface area contributed by atoms with E-state index in [1.807, 2.05) is 6.07 Å². The quantitative estimate of drug-likeness (QED) is 0.773. The molecule has 1 aliphatic rings. The van der Waals surface area contributed by atoms with Crippen LogP contribution in [0.25, 0.3) is 0 Å². The molecule has 0 spiro atoms. The molecular weight excluding hydrogens is 198 g/mol. The summed E-state index contributed by atoms with van der Waals surface area (Å²) in [5.74, 6) is 0. The van der Waals surface area contributed by atoms with E-state index in [0.29, 0.717) is 0 Å². The number of benzene rings is 1. The second-order valence-electron chi connectivity index (χ2n) is 4.72. The van der Waals surface area contributed by atoms with Crippen molar-refractivity contribution in [2.45, 2.75) is 44.2 Å². The van der Waals surface area contributed by atoms with Gasteiger partial charge in [0.25, 0.3) is 0 Å². The first-order chi connectivity index (χ1) is 7.79. The van der Waals surface area contributed by atoms with E-state index in [0.717, 1.165) is 12.8 Å². The molecule has 2 atom stereocenters. The van der Waals surface area contributed by atoms with E-state index in [9.17, 15) is 5.11 Å². The maximum absolute atomic E-state index is 10.1. The van der Waals surface area contributed by atoms with Crippen LogP contribution in [0.2, 0.25) is 0 Å². The molecule has 1 fully saturated rings. The zero-order valence-corrected chi connectivity index (χ0v) is 9.97. The fourth-order valence-corrected chi connectivity index (χ4v) is 2.57. The fraction of sp³-hybridized carbons (Fsp3) is 0.571. The highest BCUT2D eigenvalue weighted by molar-refractivity contribution is 5.46. The van der Waals surface area contributed by atoms with Gasteiger partial charge in [0.2, 0.25) is 0 Å². The highest BCUT2D eigenvalue weighted by Crippen LogP contribution is 2.25. The van der Waals surface area contributed by atoms with Crippen LogP contribution in [0.3, 0.4) is 0 Å². The average Bonchev–Trinajstić information content (AvgIpc) is 2.54. The first-order valence-corrected chi connectivity index (χ1v) is 6.25. The van der Waals surface area contributed by atoms with Gasteiger partial charge in [-0.05, 0) is 25.0 Å². The van der Waals surface area contributed by atoms with Crippen LogP contribution in [-0.4, -0.2) is 24.3 Å². The number of anilines is 1. The Morgan fingerprint density at radius 1 is 1.06 bits per heavy atom. The third kappa shape index (κ3) is 2.56. The maximum atomic E-state index is 10.1. The molecule has 2 rings (SSSR count). The SMILES string of the molecule is CN(c1ccccc1)[C@@H]1CCCCC[C@H]1O. The van der Waals surface area contributed by atoms with Crippen LogP contribution in [0.4, 0.5) is 5.69 Å². The lowest BCUT2D eigenvalue weighted by atomic mass is 10.0. The first-order valence-electron chi connectivity index (χ1n) is 6.25. The number of likely N-dealkylation sites (N-methyl/N-ethyl adjacent to an activating group) is 1. The molecule has 88 valence electrons. The number of aliphatic hydroxyl groups excluding tert-OH is 1. The van der Waals surface area contributed by atoms with Crippen LogP contribution in [-0.2, 0) is 0 Å². The van der Waals surface area contributed by atoms with Crippen molar-refractivity contribution in [1.29, 1.82) is 0 Å². The van der Waals surface area contributed by atoms with Gasteiger partial charge in [0, 0.05) is 12.7 Å². The van der Waals surface area contributed by atoms with E-state index in [-0.39, 0.29) is 12.1 Å². The fourth-order valence-electron chi connectivity index (χ4n) is 2.57. The van der Waals surface area contributed by atoms with Crippen molar-refractivity contribution in [3.63, 3.8) is 0 Å². The van der Waals surface area contributed by atoms with Crippen LogP contribution in [0.1, 0.15) is 32.1 Å². The van der Waals surface area contributed by atoms with Gasteiger partial charge >= 0.3 is 0 Å². The Morgan fingerprint density at radius 3 is 2.50 bits per heavy atom. The summed E-state index contributed by atoms with van der Waals surface area (Å²) in [5.41, 5.74) is 1.20. The molecular formula is C14H21NO. The highest BCUT2D eigenvalue weighted by Gasteiger charge is 2.25. The summed E-state index contributed by atoms with van der Waals surface area (Å²) in [6, 6.07) is 10.6. The molecule has 1 N–H and O–H groups in total. The van der Waals surface area contributed by atoms with Crippen LogP contribution in [0, 0.1) is 0 Å². The van der Waals surface area contributed by atoms with E-state index >= 15 is 0 Å². The number of nitrogens with zero attached hydrogens (tertiary/aromatic N) is 1. The van der Waals surface area contributed by atoms with Gasteiger partial charge in [-0.2, -0.15) is 0 Å². The van der Waals surface area contributed by atoms with Crippen molar-refractivity contribution < 1.29 is 5.11 Å². The van der Waals surface area contributed by atoms with Gasteiger partial charge in [0.15, 0.2) is 0 Å². The second-order valence-corrected chi connectivity index (χ2v) is 4.72. The number of hydrogen-bond donors (Lipinski definition) is 1. The van der Waals surface area contributed by atoms with Gasteiger partial charge in [-0.25, -0.2) is 0 Å². The molecule has 0 bridgehead atoms. The Balaban J connectivity index is 2.10. The summed E-state index contributed by atoms with van der Waals surface area (Å²) in [4.78, 5) is 2.23. The van der Waals surface area contributed by atoms with Crippen LogP contribution in [0.15, 0.2) is 30.3 Å². The number of hydrogen-bond acceptors (Lipinski definition) is 2. The van der Waals surface area contributed by atoms with Gasteiger partial charge < -0.3 is 10.0 Å². The van der Waals surface area contributed by atoms with Crippen molar-refractivity contribution in [3.05, 3.63) is 30.3 Å². The first kappa shape index (κ1) is 11.5. The Kier molecular flexibility index (Phi) is 3.83. The minimum Gasteiger partial charge on any atom is -0.391 e. The standard InChI is InChI=1S/C14H21NO/c1-15(12-8-4-2-5-9-12)13-10-6-3-7-11-14(13)16/h2,4-5,8-9,13-14,16H,3,6-7,10-11H2,1H3/t13-,14-/m1/s1. The summed E-state index contributed by atoms with van der Waals surface area (Å²) in [5, 5.41) is 10.1. The lowest BCUT2D eigenvalue weighted by Gasteiger charge is -2.32. The zero-order chi connectivity index (χ0) is 11.4. The van der Waals surface area contributed by atoms with Gasteiger partial charge in [-0.15, -0.1) is 0 Å². The van der Waals surface area contributed by atoms with Gasteiger partial charge in [0.05, 0.1) is 12.1 Å².